The van der Waals surface area contributed by atoms with Gasteiger partial charge in [-0.05, 0) is 30.5 Å². The molecule has 8 heteroatoms. The van der Waals surface area contributed by atoms with E-state index in [-0.39, 0.29) is 29.7 Å². The molecule has 194 valence electrons. The van der Waals surface area contributed by atoms with Gasteiger partial charge in [0.2, 0.25) is 11.8 Å². The maximum Gasteiger partial charge on any atom is 0.282 e. The summed E-state index contributed by atoms with van der Waals surface area (Å²) in [5.74, 6) is -0.0206. The molecule has 1 saturated heterocycles. The van der Waals surface area contributed by atoms with Crippen molar-refractivity contribution in [1.29, 1.82) is 0 Å². The fourth-order valence-corrected chi connectivity index (χ4v) is 5.21. The molecule has 1 saturated carbocycles. The van der Waals surface area contributed by atoms with Crippen LogP contribution in [0.25, 0.3) is 0 Å². The summed E-state index contributed by atoms with van der Waals surface area (Å²) in [4.78, 5) is 41.7. The van der Waals surface area contributed by atoms with Gasteiger partial charge in [0, 0.05) is 23.9 Å². The zero-order chi connectivity index (χ0) is 25.4. The van der Waals surface area contributed by atoms with Crippen molar-refractivity contribution < 1.29 is 25.0 Å². The Morgan fingerprint density at radius 1 is 1.06 bits per heavy atom. The Morgan fingerprint density at radius 3 is 2.23 bits per heavy atom. The number of hydrogen-bond acceptors (Lipinski definition) is 3. The van der Waals surface area contributed by atoms with Crippen molar-refractivity contribution >= 4 is 23.4 Å². The molecule has 8 nitrogen and oxygen atoms in total. The molecule has 3 amide bonds. The summed E-state index contributed by atoms with van der Waals surface area (Å²) in [6.45, 7) is 7.00. The van der Waals surface area contributed by atoms with Crippen LogP contribution in [0.5, 0.6) is 0 Å². The quantitative estimate of drug-likeness (QED) is 0.402. The average molecular weight is 488 g/mol. The number of quaternary nitrogens is 2. The molecule has 0 radical (unpaired) electrons. The highest BCUT2D eigenvalue weighted by atomic mass is 16.2. The summed E-state index contributed by atoms with van der Waals surface area (Å²) in [6.07, 6.45) is 7.35. The topological polar surface area (TPSA) is 111 Å². The van der Waals surface area contributed by atoms with Crippen LogP contribution in [0.2, 0.25) is 0 Å². The predicted molar refractivity (Wildman–Crippen MR) is 137 cm³/mol. The fourth-order valence-electron chi connectivity index (χ4n) is 5.21. The highest BCUT2D eigenvalue weighted by Crippen LogP contribution is 2.26. The Labute approximate surface area is 210 Å². The number of carbonyl (C=O) groups is 3. The smallest absolute Gasteiger partial charge is 0.282 e. The molecule has 0 aromatic heterocycles. The van der Waals surface area contributed by atoms with Crippen LogP contribution < -0.4 is 21.3 Å². The highest BCUT2D eigenvalue weighted by molar-refractivity contribution is 5.94. The zero-order valence-corrected chi connectivity index (χ0v) is 21.8. The van der Waals surface area contributed by atoms with E-state index in [4.69, 9.17) is 0 Å². The second-order valence-corrected chi connectivity index (χ2v) is 10.4. The van der Waals surface area contributed by atoms with Gasteiger partial charge < -0.3 is 26.2 Å². The normalized spacial score (nSPS) is 20.4. The Balaban J connectivity index is 1.66. The molecule has 3 rings (SSSR count). The summed E-state index contributed by atoms with van der Waals surface area (Å²) >= 11 is 0. The molecule has 0 unspecified atom stereocenters. The molecule has 2 fully saturated rings. The van der Waals surface area contributed by atoms with Crippen LogP contribution in [-0.2, 0) is 14.4 Å². The van der Waals surface area contributed by atoms with Crippen molar-refractivity contribution in [1.82, 2.24) is 10.2 Å². The van der Waals surface area contributed by atoms with E-state index in [0.29, 0.717) is 25.4 Å². The number of rotatable bonds is 8. The summed E-state index contributed by atoms with van der Waals surface area (Å²) in [5, 5.41) is 5.99. The molecule has 3 atom stereocenters. The van der Waals surface area contributed by atoms with Crippen molar-refractivity contribution in [2.75, 3.05) is 38.5 Å². The SMILES string of the molecule is CCC(=O)N[C@@H](C(=O)N1CC[NH+](C)CC1)[C@@H](C)c1ccc(NC(=O)[C@@H]([NH3+])C2CCCCCC2)cc1. The van der Waals surface area contributed by atoms with Crippen LogP contribution in [0.1, 0.15) is 70.3 Å². The zero-order valence-electron chi connectivity index (χ0n) is 21.8. The Hall–Kier alpha value is -2.45. The number of anilines is 1. The summed E-state index contributed by atoms with van der Waals surface area (Å²) in [7, 11) is 2.13. The van der Waals surface area contributed by atoms with Crippen LogP contribution in [0.4, 0.5) is 5.69 Å². The van der Waals surface area contributed by atoms with Crippen molar-refractivity contribution in [2.24, 2.45) is 5.92 Å². The van der Waals surface area contributed by atoms with Crippen molar-refractivity contribution in [3.8, 4) is 0 Å². The minimum atomic E-state index is -0.610. The molecule has 1 heterocycles. The number of nitrogens with one attached hydrogen (secondary N) is 3. The lowest BCUT2D eigenvalue weighted by Gasteiger charge is -2.34. The number of nitrogens with zero attached hydrogens (tertiary/aromatic N) is 1. The molecular weight excluding hydrogens is 442 g/mol. The maximum absolute atomic E-state index is 13.4. The van der Waals surface area contributed by atoms with E-state index in [9.17, 15) is 14.4 Å². The van der Waals surface area contributed by atoms with Crippen LogP contribution in [0.3, 0.4) is 0 Å². The lowest BCUT2D eigenvalue weighted by atomic mass is 9.91. The maximum atomic E-state index is 13.4. The number of likely N-dealkylation sites (N-methyl/N-ethyl adjacent to an activating group) is 1. The van der Waals surface area contributed by atoms with Gasteiger partial charge in [-0.2, -0.15) is 0 Å². The minimum Gasteiger partial charge on any atom is -0.347 e. The first-order valence-electron chi connectivity index (χ1n) is 13.4. The molecule has 2 aliphatic rings. The fraction of sp³-hybridized carbons (Fsp3) is 0.667. The molecule has 35 heavy (non-hydrogen) atoms. The third-order valence-electron chi connectivity index (χ3n) is 7.84. The number of benzene rings is 1. The first kappa shape index (κ1) is 27.1. The second-order valence-electron chi connectivity index (χ2n) is 10.4. The molecule has 1 aliphatic heterocycles. The van der Waals surface area contributed by atoms with Crippen LogP contribution in [0, 0.1) is 5.92 Å². The van der Waals surface area contributed by atoms with E-state index in [1.54, 1.807) is 6.92 Å². The van der Waals surface area contributed by atoms with E-state index in [0.717, 1.165) is 37.2 Å². The first-order chi connectivity index (χ1) is 16.8. The Morgan fingerprint density at radius 2 is 1.66 bits per heavy atom. The first-order valence-corrected chi connectivity index (χ1v) is 13.4. The Bertz CT molecular complexity index is 843. The van der Waals surface area contributed by atoms with Gasteiger partial charge in [-0.3, -0.25) is 14.4 Å². The Kier molecular flexibility index (Phi) is 10.1. The number of amides is 3. The lowest BCUT2D eigenvalue weighted by Crippen LogP contribution is -3.12. The second kappa shape index (κ2) is 13.0. The monoisotopic (exact) mass is 487 g/mol. The van der Waals surface area contributed by atoms with Gasteiger partial charge in [0.05, 0.1) is 33.2 Å². The van der Waals surface area contributed by atoms with E-state index < -0.39 is 6.04 Å². The van der Waals surface area contributed by atoms with Gasteiger partial charge in [-0.25, -0.2) is 0 Å². The van der Waals surface area contributed by atoms with Gasteiger partial charge in [0.25, 0.3) is 5.91 Å². The van der Waals surface area contributed by atoms with E-state index in [2.05, 4.69) is 23.4 Å². The highest BCUT2D eigenvalue weighted by Gasteiger charge is 2.33. The number of piperazine rings is 1. The third kappa shape index (κ3) is 7.51. The standard InChI is InChI=1S/C27H43N5O3/c1-4-23(33)30-25(27(35)32-17-15-31(3)16-18-32)19(2)20-11-13-22(14-12-20)29-26(34)24(28)21-9-7-5-6-8-10-21/h11-14,19,21,24-25H,4-10,15-18,28H2,1-3H3,(H,29,34)(H,30,33)/p+2/t19-,24-,25+/m0/s1. The molecule has 1 aromatic rings. The molecule has 1 aromatic carbocycles. The van der Waals surface area contributed by atoms with E-state index in [1.165, 1.54) is 30.6 Å². The van der Waals surface area contributed by atoms with Crippen LogP contribution in [0.15, 0.2) is 24.3 Å². The molecule has 1 aliphatic carbocycles. The van der Waals surface area contributed by atoms with Crippen LogP contribution >= 0.6 is 0 Å². The largest absolute Gasteiger partial charge is 0.347 e. The summed E-state index contributed by atoms with van der Waals surface area (Å²) < 4.78 is 0. The molecule has 6 N–H and O–H groups in total. The van der Waals surface area contributed by atoms with Crippen LogP contribution in [-0.4, -0.2) is 67.9 Å². The van der Waals surface area contributed by atoms with Gasteiger partial charge >= 0.3 is 0 Å². The average Bonchev–Trinajstić information content (AvgIpc) is 3.16. The van der Waals surface area contributed by atoms with Gasteiger partial charge in [0.1, 0.15) is 6.04 Å². The van der Waals surface area contributed by atoms with Gasteiger partial charge in [0.15, 0.2) is 6.04 Å². The third-order valence-corrected chi connectivity index (χ3v) is 7.84. The van der Waals surface area contributed by atoms with Crippen molar-refractivity contribution in [3.63, 3.8) is 0 Å². The predicted octanol–water partition coefficient (Wildman–Crippen LogP) is 0.561. The van der Waals surface area contributed by atoms with Crippen molar-refractivity contribution in [3.05, 3.63) is 29.8 Å². The van der Waals surface area contributed by atoms with Gasteiger partial charge in [-0.1, -0.05) is 51.7 Å². The van der Waals surface area contributed by atoms with E-state index >= 15 is 0 Å². The summed E-state index contributed by atoms with van der Waals surface area (Å²) in [6, 6.07) is 6.79. The molecule has 0 spiro atoms. The number of carbonyl (C=O) groups excluding carboxylic acids is 3. The minimum absolute atomic E-state index is 0.0209. The van der Waals surface area contributed by atoms with Crippen molar-refractivity contribution in [2.45, 2.75) is 76.8 Å². The lowest BCUT2D eigenvalue weighted by molar-refractivity contribution is -0.883. The number of hydrogen-bond donors (Lipinski definition) is 4. The molecule has 0 bridgehead atoms. The summed E-state index contributed by atoms with van der Waals surface area (Å²) in [5.41, 5.74) is 5.86. The van der Waals surface area contributed by atoms with E-state index in [1.807, 2.05) is 36.1 Å². The molecular formula is C27H45N5O3+2. The van der Waals surface area contributed by atoms with Gasteiger partial charge in [-0.15, -0.1) is 0 Å².